The predicted octanol–water partition coefficient (Wildman–Crippen LogP) is 3.87. The van der Waals surface area contributed by atoms with Gasteiger partial charge in [0, 0.05) is 43.1 Å². The molecule has 3 aromatic rings. The molecule has 4 N–H and O–H groups in total. The molecule has 1 aliphatic heterocycles. The zero-order valence-corrected chi connectivity index (χ0v) is 23.5. The summed E-state index contributed by atoms with van der Waals surface area (Å²) in [7, 11) is 4.11. The summed E-state index contributed by atoms with van der Waals surface area (Å²) in [5, 5.41) is 28.0. The maximum atomic E-state index is 10.8. The number of hydrogen-bond donors (Lipinski definition) is 4. The summed E-state index contributed by atoms with van der Waals surface area (Å²) in [6.45, 7) is 0.889. The number of allylic oxidation sites excluding steroid dienone is 1. The van der Waals surface area contributed by atoms with Crippen molar-refractivity contribution in [3.05, 3.63) is 83.0 Å². The third-order valence-corrected chi connectivity index (χ3v) is 6.41. The van der Waals surface area contributed by atoms with Gasteiger partial charge in [-0.1, -0.05) is 18.9 Å². The topological polar surface area (TPSA) is 155 Å². The van der Waals surface area contributed by atoms with Crippen LogP contribution in [0.3, 0.4) is 0 Å². The molecule has 12 heteroatoms. The van der Waals surface area contributed by atoms with Gasteiger partial charge in [-0.25, -0.2) is 24.2 Å². The number of halogens is 1. The first-order valence-electron chi connectivity index (χ1n) is 12.4. The highest BCUT2D eigenvalue weighted by atomic mass is 79.9. The standard InChI is InChI=1S/C9H7N3O2.C8H18N2.C6H4BrNO2.C4H5N/c13-9(14)7-3-1-4-10-8(7)12-6-2-5-11-12;1-9-7-5-3-4-6-8(7)10-2;7-5-4(6(9)10)2-1-3-8-5;1-2-4-5-3-1/h1-6H,(H,13,14);7-10H,3-6H2,1-2H3;1-3H,(H,9,10);1-3H,4H2. The summed E-state index contributed by atoms with van der Waals surface area (Å²) in [5.74, 6) is -1.66. The second-order valence-electron chi connectivity index (χ2n) is 8.29. The van der Waals surface area contributed by atoms with Crippen molar-refractivity contribution in [2.24, 2.45) is 4.99 Å². The number of rotatable bonds is 5. The van der Waals surface area contributed by atoms with Crippen LogP contribution in [-0.4, -0.2) is 80.8 Å². The average molecular weight is 601 g/mol. The van der Waals surface area contributed by atoms with Gasteiger partial charge in [-0.2, -0.15) is 5.10 Å². The number of carboxylic acid groups (broad SMARTS) is 2. The molecule has 11 nitrogen and oxygen atoms in total. The van der Waals surface area contributed by atoms with E-state index >= 15 is 0 Å². The number of likely N-dealkylation sites (N-methyl/N-ethyl adjacent to an activating group) is 2. The van der Waals surface area contributed by atoms with Crippen LogP contribution in [0.15, 0.2) is 76.9 Å². The quantitative estimate of drug-likeness (QED) is 0.320. The molecule has 3 aromatic heterocycles. The number of hydrogen-bond acceptors (Lipinski definition) is 8. The van der Waals surface area contributed by atoms with E-state index in [0.29, 0.717) is 22.5 Å². The summed E-state index contributed by atoms with van der Waals surface area (Å²) >= 11 is 3.00. The highest BCUT2D eigenvalue weighted by Gasteiger charge is 2.21. The van der Waals surface area contributed by atoms with Crippen LogP contribution in [-0.2, 0) is 0 Å². The molecular weight excluding hydrogens is 566 g/mol. The Labute approximate surface area is 236 Å². The van der Waals surface area contributed by atoms with E-state index in [1.165, 1.54) is 54.9 Å². The fourth-order valence-electron chi connectivity index (χ4n) is 3.81. The van der Waals surface area contributed by atoms with Crippen LogP contribution >= 0.6 is 15.9 Å². The van der Waals surface area contributed by atoms with Gasteiger partial charge in [0.2, 0.25) is 0 Å². The first-order valence-corrected chi connectivity index (χ1v) is 13.2. The zero-order chi connectivity index (χ0) is 28.5. The first kappa shape index (κ1) is 31.5. The Morgan fingerprint density at radius 1 is 0.923 bits per heavy atom. The summed E-state index contributed by atoms with van der Waals surface area (Å²) in [6.07, 6.45) is 17.5. The average Bonchev–Trinajstić information content (AvgIpc) is 3.72. The van der Waals surface area contributed by atoms with Crippen molar-refractivity contribution in [3.8, 4) is 5.82 Å². The molecule has 0 saturated heterocycles. The van der Waals surface area contributed by atoms with E-state index in [1.54, 1.807) is 36.8 Å². The highest BCUT2D eigenvalue weighted by molar-refractivity contribution is 9.10. The first-order chi connectivity index (χ1) is 18.9. The van der Waals surface area contributed by atoms with Crippen LogP contribution in [0.1, 0.15) is 46.4 Å². The number of nitrogens with one attached hydrogen (secondary N) is 2. The van der Waals surface area contributed by atoms with Gasteiger partial charge in [0.15, 0.2) is 5.82 Å². The Balaban J connectivity index is 0.000000192. The summed E-state index contributed by atoms with van der Waals surface area (Å²) in [6, 6.07) is 9.26. The Bertz CT molecular complexity index is 1200. The van der Waals surface area contributed by atoms with E-state index in [1.807, 2.05) is 12.2 Å². The van der Waals surface area contributed by atoms with Crippen molar-refractivity contribution in [1.29, 1.82) is 0 Å². The lowest BCUT2D eigenvalue weighted by atomic mass is 9.91. The maximum absolute atomic E-state index is 10.8. The van der Waals surface area contributed by atoms with E-state index in [9.17, 15) is 9.59 Å². The van der Waals surface area contributed by atoms with E-state index in [-0.39, 0.29) is 11.1 Å². The minimum absolute atomic E-state index is 0.135. The number of aromatic nitrogens is 4. The number of aliphatic imine (C=N–C) groups is 1. The minimum Gasteiger partial charge on any atom is -0.478 e. The van der Waals surface area contributed by atoms with E-state index in [0.717, 1.165) is 6.54 Å². The summed E-state index contributed by atoms with van der Waals surface area (Å²) in [5.41, 5.74) is 0.318. The molecule has 0 amide bonds. The molecular formula is C27H34BrN7O4. The van der Waals surface area contributed by atoms with Gasteiger partial charge in [-0.15, -0.1) is 0 Å². The molecule has 0 aromatic carbocycles. The normalized spacial score (nSPS) is 17.0. The van der Waals surface area contributed by atoms with Crippen molar-refractivity contribution in [2.45, 2.75) is 37.8 Å². The molecule has 1 aliphatic carbocycles. The van der Waals surface area contributed by atoms with Crippen LogP contribution in [0.4, 0.5) is 0 Å². The van der Waals surface area contributed by atoms with Crippen molar-refractivity contribution in [1.82, 2.24) is 30.4 Å². The fourth-order valence-corrected chi connectivity index (χ4v) is 4.23. The number of carboxylic acids is 2. The smallest absolute Gasteiger partial charge is 0.339 e. The number of carbonyl (C=O) groups is 2. The van der Waals surface area contributed by atoms with Crippen LogP contribution in [0.25, 0.3) is 5.82 Å². The molecule has 1 saturated carbocycles. The van der Waals surface area contributed by atoms with Gasteiger partial charge in [0.1, 0.15) is 10.2 Å². The third kappa shape index (κ3) is 10.9. The number of pyridine rings is 2. The van der Waals surface area contributed by atoms with E-state index < -0.39 is 11.9 Å². The molecule has 2 atom stereocenters. The minimum atomic E-state index is -1.01. The van der Waals surface area contributed by atoms with Crippen molar-refractivity contribution in [2.75, 3.05) is 20.6 Å². The predicted molar refractivity (Wildman–Crippen MR) is 154 cm³/mol. The maximum Gasteiger partial charge on any atom is 0.339 e. The lowest BCUT2D eigenvalue weighted by Crippen LogP contribution is -2.47. The molecule has 0 radical (unpaired) electrons. The monoisotopic (exact) mass is 599 g/mol. The van der Waals surface area contributed by atoms with Crippen LogP contribution in [0, 0.1) is 0 Å². The van der Waals surface area contributed by atoms with Crippen molar-refractivity contribution in [3.63, 3.8) is 0 Å². The Morgan fingerprint density at radius 3 is 1.95 bits per heavy atom. The summed E-state index contributed by atoms with van der Waals surface area (Å²) in [4.78, 5) is 32.7. The van der Waals surface area contributed by atoms with Crippen LogP contribution in [0.5, 0.6) is 0 Å². The molecule has 5 rings (SSSR count). The fraction of sp³-hybridized carbons (Fsp3) is 0.333. The van der Waals surface area contributed by atoms with Gasteiger partial charge < -0.3 is 20.8 Å². The molecule has 2 unspecified atom stereocenters. The van der Waals surface area contributed by atoms with E-state index in [2.05, 4.69) is 60.7 Å². The SMILES string of the molecule is C1=CCN=C1.CNC1CCCCC1NC.O=C(O)c1cccnc1-n1cccn1.O=C(O)c1cccnc1Br. The van der Waals surface area contributed by atoms with Crippen LogP contribution in [0.2, 0.25) is 0 Å². The lowest BCUT2D eigenvalue weighted by Gasteiger charge is -2.30. The Morgan fingerprint density at radius 2 is 1.54 bits per heavy atom. The molecule has 39 heavy (non-hydrogen) atoms. The van der Waals surface area contributed by atoms with E-state index in [4.69, 9.17) is 10.2 Å². The van der Waals surface area contributed by atoms with Gasteiger partial charge in [-0.05, 0) is 79.3 Å². The number of nitrogens with zero attached hydrogens (tertiary/aromatic N) is 5. The molecule has 0 spiro atoms. The molecule has 208 valence electrons. The number of aromatic carboxylic acids is 2. The van der Waals surface area contributed by atoms with Gasteiger partial charge in [0.05, 0.1) is 12.1 Å². The lowest BCUT2D eigenvalue weighted by molar-refractivity contribution is 0.0685. The second kappa shape index (κ2) is 17.7. The van der Waals surface area contributed by atoms with Crippen LogP contribution < -0.4 is 10.6 Å². The molecule has 1 fully saturated rings. The van der Waals surface area contributed by atoms with Gasteiger partial charge in [-0.3, -0.25) is 4.99 Å². The van der Waals surface area contributed by atoms with Gasteiger partial charge >= 0.3 is 11.9 Å². The zero-order valence-electron chi connectivity index (χ0n) is 21.9. The molecule has 0 bridgehead atoms. The van der Waals surface area contributed by atoms with Crippen molar-refractivity contribution < 1.29 is 19.8 Å². The highest BCUT2D eigenvalue weighted by Crippen LogP contribution is 2.17. The Hall–Kier alpha value is -3.74. The summed E-state index contributed by atoms with van der Waals surface area (Å²) < 4.78 is 1.78. The van der Waals surface area contributed by atoms with Crippen molar-refractivity contribution >= 4 is 34.1 Å². The second-order valence-corrected chi connectivity index (χ2v) is 9.05. The Kier molecular flexibility index (Phi) is 14.3. The molecule has 4 heterocycles. The van der Waals surface area contributed by atoms with Gasteiger partial charge in [0.25, 0.3) is 0 Å². The molecule has 2 aliphatic rings. The largest absolute Gasteiger partial charge is 0.478 e. The third-order valence-electron chi connectivity index (χ3n) is 5.77.